The molecule has 0 bridgehead atoms. The highest BCUT2D eigenvalue weighted by Gasteiger charge is 2.13. The van der Waals surface area contributed by atoms with Gasteiger partial charge in [-0.05, 0) is 60.7 Å². The molecule has 1 aliphatic rings. The fourth-order valence-corrected chi connectivity index (χ4v) is 4.16. The Bertz CT molecular complexity index is 1380. The molecule has 2 aromatic heterocycles. The highest BCUT2D eigenvalue weighted by Crippen LogP contribution is 2.28. The van der Waals surface area contributed by atoms with Gasteiger partial charge in [0, 0.05) is 43.0 Å². The molecule has 0 spiro atoms. The van der Waals surface area contributed by atoms with Gasteiger partial charge in [0.15, 0.2) is 0 Å². The predicted molar refractivity (Wildman–Crippen MR) is 123 cm³/mol. The predicted octanol–water partition coefficient (Wildman–Crippen LogP) is 3.89. The van der Waals surface area contributed by atoms with Crippen molar-refractivity contribution in [2.24, 2.45) is 0 Å². The molecular weight excluding hydrogens is 388 g/mol. The summed E-state index contributed by atoms with van der Waals surface area (Å²) in [6, 6.07) is 19.6. The van der Waals surface area contributed by atoms with Crippen molar-refractivity contribution in [3.8, 4) is 28.5 Å². The molecule has 154 valence electrons. The summed E-state index contributed by atoms with van der Waals surface area (Å²) in [4.78, 5) is 18.8. The molecule has 0 atom stereocenters. The van der Waals surface area contributed by atoms with Gasteiger partial charge in [-0.1, -0.05) is 0 Å². The number of rotatable bonds is 3. The van der Waals surface area contributed by atoms with Crippen molar-refractivity contribution in [1.29, 1.82) is 0 Å². The number of H-pyrrole nitrogens is 2. The third-order valence-electron chi connectivity index (χ3n) is 5.85. The third-order valence-corrected chi connectivity index (χ3v) is 5.85. The molecule has 7 heteroatoms. The molecule has 0 aliphatic carbocycles. The van der Waals surface area contributed by atoms with Crippen LogP contribution in [0, 0.1) is 0 Å². The van der Waals surface area contributed by atoms with Gasteiger partial charge in [0.1, 0.15) is 17.4 Å². The molecule has 5 aromatic rings. The van der Waals surface area contributed by atoms with Crippen molar-refractivity contribution < 1.29 is 5.11 Å². The lowest BCUT2D eigenvalue weighted by Gasteiger charge is -2.29. The molecule has 0 saturated carbocycles. The highest BCUT2D eigenvalue weighted by atomic mass is 16.3. The van der Waals surface area contributed by atoms with Crippen molar-refractivity contribution in [3.63, 3.8) is 0 Å². The lowest BCUT2D eigenvalue weighted by molar-refractivity contribution is 0.475. The maximum atomic E-state index is 9.51. The number of anilines is 1. The Morgan fingerprint density at radius 2 is 1.32 bits per heavy atom. The molecule has 3 heterocycles. The molecule has 0 unspecified atom stereocenters. The number of phenols is 1. The fourth-order valence-electron chi connectivity index (χ4n) is 4.16. The average Bonchev–Trinajstić information content (AvgIpc) is 3.43. The standard InChI is InChI=1S/C24H22N6O/c31-18-5-1-15(2-6-18)23-26-19-7-3-16(13-21(19)28-23)24-27-20-8-4-17(14-22(20)29-24)30-11-9-25-10-12-30/h1-8,13-14,25,31H,9-12H2,(H,26,28)(H,27,29). The van der Waals surface area contributed by atoms with Crippen molar-refractivity contribution in [3.05, 3.63) is 60.7 Å². The molecule has 3 aromatic carbocycles. The second kappa shape index (κ2) is 7.14. The van der Waals surface area contributed by atoms with Crippen LogP contribution >= 0.6 is 0 Å². The minimum absolute atomic E-state index is 0.243. The van der Waals surface area contributed by atoms with E-state index in [0.29, 0.717) is 0 Å². The van der Waals surface area contributed by atoms with Gasteiger partial charge in [0.25, 0.3) is 0 Å². The minimum Gasteiger partial charge on any atom is -0.508 e. The first-order valence-corrected chi connectivity index (χ1v) is 10.5. The zero-order chi connectivity index (χ0) is 20.8. The second-order valence-corrected chi connectivity index (χ2v) is 7.89. The van der Waals surface area contributed by atoms with E-state index in [-0.39, 0.29) is 5.75 Å². The van der Waals surface area contributed by atoms with Crippen LogP contribution in [-0.2, 0) is 0 Å². The van der Waals surface area contributed by atoms with Crippen LogP contribution in [-0.4, -0.2) is 51.2 Å². The van der Waals surface area contributed by atoms with E-state index < -0.39 is 0 Å². The number of aromatic amines is 2. The van der Waals surface area contributed by atoms with Crippen LogP contribution in [0.15, 0.2) is 60.7 Å². The quantitative estimate of drug-likeness (QED) is 0.362. The second-order valence-electron chi connectivity index (χ2n) is 7.89. The largest absolute Gasteiger partial charge is 0.508 e. The van der Waals surface area contributed by atoms with Crippen LogP contribution in [0.1, 0.15) is 0 Å². The average molecular weight is 410 g/mol. The maximum Gasteiger partial charge on any atom is 0.138 e. The lowest BCUT2D eigenvalue weighted by Crippen LogP contribution is -2.43. The number of hydrogen-bond donors (Lipinski definition) is 4. The zero-order valence-electron chi connectivity index (χ0n) is 16.9. The Hall–Kier alpha value is -3.84. The summed E-state index contributed by atoms with van der Waals surface area (Å²) in [6.45, 7) is 4.06. The van der Waals surface area contributed by atoms with Gasteiger partial charge >= 0.3 is 0 Å². The molecule has 7 nitrogen and oxygen atoms in total. The van der Waals surface area contributed by atoms with Crippen molar-refractivity contribution in [1.82, 2.24) is 25.3 Å². The van der Waals surface area contributed by atoms with E-state index in [1.807, 2.05) is 24.3 Å². The van der Waals surface area contributed by atoms with Gasteiger partial charge in [0.05, 0.1) is 22.1 Å². The van der Waals surface area contributed by atoms with Crippen LogP contribution in [0.25, 0.3) is 44.8 Å². The van der Waals surface area contributed by atoms with Crippen molar-refractivity contribution >= 4 is 27.8 Å². The van der Waals surface area contributed by atoms with Crippen molar-refractivity contribution in [2.45, 2.75) is 0 Å². The minimum atomic E-state index is 0.243. The van der Waals surface area contributed by atoms with E-state index >= 15 is 0 Å². The number of nitrogens with zero attached hydrogens (tertiary/aromatic N) is 3. The summed E-state index contributed by atoms with van der Waals surface area (Å²) in [5.74, 6) is 1.85. The van der Waals surface area contributed by atoms with Gasteiger partial charge < -0.3 is 25.3 Å². The Balaban J connectivity index is 1.35. The van der Waals surface area contributed by atoms with Gasteiger partial charge in [-0.3, -0.25) is 0 Å². The summed E-state index contributed by atoms with van der Waals surface area (Å²) < 4.78 is 0. The van der Waals surface area contributed by atoms with Crippen LogP contribution in [0.3, 0.4) is 0 Å². The Labute approximate surface area is 178 Å². The van der Waals surface area contributed by atoms with E-state index in [0.717, 1.165) is 71.0 Å². The number of hydrogen-bond acceptors (Lipinski definition) is 5. The zero-order valence-corrected chi connectivity index (χ0v) is 16.9. The van der Waals surface area contributed by atoms with Crippen LogP contribution in [0.4, 0.5) is 5.69 Å². The molecule has 0 amide bonds. The number of nitrogens with one attached hydrogen (secondary N) is 3. The molecule has 31 heavy (non-hydrogen) atoms. The van der Waals surface area contributed by atoms with E-state index in [1.54, 1.807) is 12.1 Å². The monoisotopic (exact) mass is 410 g/mol. The fraction of sp³-hybridized carbons (Fsp3) is 0.167. The molecule has 1 saturated heterocycles. The summed E-state index contributed by atoms with van der Waals surface area (Å²) >= 11 is 0. The van der Waals surface area contributed by atoms with Crippen LogP contribution < -0.4 is 10.2 Å². The highest BCUT2D eigenvalue weighted by molar-refractivity contribution is 5.87. The maximum absolute atomic E-state index is 9.51. The number of benzene rings is 3. The van der Waals surface area contributed by atoms with E-state index in [1.165, 1.54) is 5.69 Å². The number of imidazole rings is 2. The van der Waals surface area contributed by atoms with Crippen LogP contribution in [0.5, 0.6) is 5.75 Å². The van der Waals surface area contributed by atoms with E-state index in [4.69, 9.17) is 9.97 Å². The Morgan fingerprint density at radius 1 is 0.710 bits per heavy atom. The summed E-state index contributed by atoms with van der Waals surface area (Å²) in [6.07, 6.45) is 0. The van der Waals surface area contributed by atoms with Crippen LogP contribution in [0.2, 0.25) is 0 Å². The normalized spacial score (nSPS) is 14.5. The molecule has 4 N–H and O–H groups in total. The number of fused-ring (bicyclic) bond motifs is 2. The summed E-state index contributed by atoms with van der Waals surface area (Å²) in [7, 11) is 0. The van der Waals surface area contributed by atoms with Gasteiger partial charge in [-0.15, -0.1) is 0 Å². The molecule has 6 rings (SSSR count). The summed E-state index contributed by atoms with van der Waals surface area (Å²) in [5.41, 5.74) is 6.98. The van der Waals surface area contributed by atoms with Crippen molar-refractivity contribution in [2.75, 3.05) is 31.1 Å². The van der Waals surface area contributed by atoms with E-state index in [2.05, 4.69) is 44.5 Å². The van der Waals surface area contributed by atoms with Gasteiger partial charge in [0.2, 0.25) is 0 Å². The molecular formula is C24H22N6O. The van der Waals surface area contributed by atoms with Gasteiger partial charge in [-0.25, -0.2) is 9.97 Å². The first kappa shape index (κ1) is 18.0. The number of phenolic OH excluding ortho intramolecular Hbond substituents is 1. The summed E-state index contributed by atoms with van der Waals surface area (Å²) in [5, 5.41) is 12.9. The molecule has 1 fully saturated rings. The number of piperazine rings is 1. The Morgan fingerprint density at radius 3 is 2.06 bits per heavy atom. The third kappa shape index (κ3) is 3.29. The molecule has 0 radical (unpaired) electrons. The van der Waals surface area contributed by atoms with Gasteiger partial charge in [-0.2, -0.15) is 0 Å². The Kier molecular flexibility index (Phi) is 4.14. The first-order valence-electron chi connectivity index (χ1n) is 10.5. The number of aromatic nitrogens is 4. The van der Waals surface area contributed by atoms with E-state index in [9.17, 15) is 5.11 Å². The lowest BCUT2D eigenvalue weighted by atomic mass is 10.2. The smallest absolute Gasteiger partial charge is 0.138 e. The topological polar surface area (TPSA) is 92.9 Å². The SMILES string of the molecule is Oc1ccc(-c2nc3cc(-c4nc5cc(N6CCNCC6)ccc5[nH]4)ccc3[nH]2)cc1. The first-order chi connectivity index (χ1) is 15.2. The number of aromatic hydroxyl groups is 1. The molecule has 1 aliphatic heterocycles.